The fourth-order valence-electron chi connectivity index (χ4n) is 1.16. The van der Waals surface area contributed by atoms with Crippen molar-refractivity contribution in [3.8, 4) is 0 Å². The highest BCUT2D eigenvalue weighted by Gasteiger charge is 2.03. The minimum absolute atomic E-state index is 0.218. The molecule has 0 saturated heterocycles. The van der Waals surface area contributed by atoms with Crippen LogP contribution in [0.4, 0.5) is 10.5 Å². The fraction of sp³-hybridized carbons (Fsp3) is 0.333. The highest BCUT2D eigenvalue weighted by Crippen LogP contribution is 2.20. The molecule has 1 aromatic carbocycles. The topological polar surface area (TPSA) is 50.4 Å². The zero-order valence-corrected chi connectivity index (χ0v) is 12.0. The molecule has 1 rings (SSSR count). The average Bonchev–Trinajstić information content (AvgIpc) is 2.37. The maximum atomic E-state index is 10.9. The third-order valence-electron chi connectivity index (χ3n) is 1.99. The second-order valence-corrected chi connectivity index (χ2v) is 5.02. The molecular formula is C12H16N2O2S2. The molecule has 0 bridgehead atoms. The van der Waals surface area contributed by atoms with Gasteiger partial charge in [0.25, 0.3) is 0 Å². The van der Waals surface area contributed by atoms with Crippen molar-refractivity contribution in [1.29, 1.82) is 0 Å². The van der Waals surface area contributed by atoms with Gasteiger partial charge in [-0.2, -0.15) is 0 Å². The third kappa shape index (κ3) is 5.37. The lowest BCUT2D eigenvalue weighted by Crippen LogP contribution is -2.33. The number of methoxy groups -OCH3 is 1. The molecule has 4 nitrogen and oxygen atoms in total. The summed E-state index contributed by atoms with van der Waals surface area (Å²) in [5, 5.41) is 5.50. The van der Waals surface area contributed by atoms with E-state index in [0.717, 1.165) is 17.9 Å². The number of carbonyl (C=O) groups is 1. The van der Waals surface area contributed by atoms with E-state index in [1.165, 1.54) is 12.0 Å². The van der Waals surface area contributed by atoms with E-state index in [9.17, 15) is 4.79 Å². The Balaban J connectivity index is 2.47. The SMILES string of the molecule is CCCSc1ccc(NC(=S)NC(=O)OC)cc1. The summed E-state index contributed by atoms with van der Waals surface area (Å²) in [5.74, 6) is 1.11. The van der Waals surface area contributed by atoms with E-state index in [1.807, 2.05) is 36.0 Å². The Morgan fingerprint density at radius 2 is 2.06 bits per heavy atom. The van der Waals surface area contributed by atoms with Crippen LogP contribution in [-0.2, 0) is 4.74 Å². The van der Waals surface area contributed by atoms with Gasteiger partial charge in [0.05, 0.1) is 7.11 Å². The number of amides is 1. The molecular weight excluding hydrogens is 268 g/mol. The predicted octanol–water partition coefficient (Wildman–Crippen LogP) is 3.24. The number of benzene rings is 1. The molecule has 1 amide bonds. The average molecular weight is 284 g/mol. The zero-order valence-electron chi connectivity index (χ0n) is 10.4. The van der Waals surface area contributed by atoms with Gasteiger partial charge in [-0.3, -0.25) is 5.32 Å². The molecule has 0 atom stereocenters. The van der Waals surface area contributed by atoms with Crippen LogP contribution in [0.5, 0.6) is 0 Å². The molecule has 1 aromatic rings. The maximum Gasteiger partial charge on any atom is 0.413 e. The van der Waals surface area contributed by atoms with Crippen LogP contribution >= 0.6 is 24.0 Å². The number of carbonyl (C=O) groups excluding carboxylic acids is 1. The number of thiocarbonyl (C=S) groups is 1. The second kappa shape index (κ2) is 7.94. The summed E-state index contributed by atoms with van der Waals surface area (Å²) < 4.78 is 4.44. The van der Waals surface area contributed by atoms with Gasteiger partial charge in [-0.25, -0.2) is 4.79 Å². The lowest BCUT2D eigenvalue weighted by Gasteiger charge is -2.09. The first kappa shape index (κ1) is 14.8. The standard InChI is InChI=1S/C12H16N2O2S2/c1-3-8-18-10-6-4-9(5-7-10)13-11(17)14-12(15)16-2/h4-7H,3,8H2,1-2H3,(H2,13,14,15,17). The van der Waals surface area contributed by atoms with E-state index < -0.39 is 6.09 Å². The monoisotopic (exact) mass is 284 g/mol. The summed E-state index contributed by atoms with van der Waals surface area (Å²) in [6.45, 7) is 2.15. The summed E-state index contributed by atoms with van der Waals surface area (Å²) in [7, 11) is 1.29. The molecule has 0 aliphatic rings. The van der Waals surface area contributed by atoms with Crippen molar-refractivity contribution < 1.29 is 9.53 Å². The number of thioether (sulfide) groups is 1. The van der Waals surface area contributed by atoms with Crippen LogP contribution in [0.2, 0.25) is 0 Å². The van der Waals surface area contributed by atoms with Gasteiger partial charge in [-0.15, -0.1) is 11.8 Å². The quantitative estimate of drug-likeness (QED) is 0.656. The molecule has 18 heavy (non-hydrogen) atoms. The molecule has 0 aromatic heterocycles. The third-order valence-corrected chi connectivity index (χ3v) is 3.41. The van der Waals surface area contributed by atoms with Crippen LogP contribution in [0.15, 0.2) is 29.2 Å². The van der Waals surface area contributed by atoms with Crippen molar-refractivity contribution in [2.75, 3.05) is 18.2 Å². The first-order valence-corrected chi connectivity index (χ1v) is 6.94. The first-order chi connectivity index (χ1) is 8.65. The summed E-state index contributed by atoms with van der Waals surface area (Å²) in [4.78, 5) is 12.1. The Hall–Kier alpha value is -1.27. The lowest BCUT2D eigenvalue weighted by atomic mass is 10.3. The van der Waals surface area contributed by atoms with E-state index >= 15 is 0 Å². The summed E-state index contributed by atoms with van der Waals surface area (Å²) in [6, 6.07) is 7.87. The van der Waals surface area contributed by atoms with Gasteiger partial charge in [0.2, 0.25) is 0 Å². The largest absolute Gasteiger partial charge is 0.453 e. The Morgan fingerprint density at radius 1 is 1.39 bits per heavy atom. The van der Waals surface area contributed by atoms with E-state index in [0.29, 0.717) is 0 Å². The molecule has 0 aliphatic carbocycles. The van der Waals surface area contributed by atoms with Crippen LogP contribution in [0.3, 0.4) is 0 Å². The van der Waals surface area contributed by atoms with Crippen molar-refractivity contribution >= 4 is 40.9 Å². The van der Waals surface area contributed by atoms with E-state index in [4.69, 9.17) is 12.2 Å². The minimum Gasteiger partial charge on any atom is -0.453 e. The lowest BCUT2D eigenvalue weighted by molar-refractivity contribution is 0.177. The number of hydrogen-bond donors (Lipinski definition) is 2. The smallest absolute Gasteiger partial charge is 0.413 e. The molecule has 0 aliphatic heterocycles. The Morgan fingerprint density at radius 3 is 2.61 bits per heavy atom. The maximum absolute atomic E-state index is 10.9. The second-order valence-electron chi connectivity index (χ2n) is 3.44. The number of alkyl carbamates (subject to hydrolysis) is 1. The number of ether oxygens (including phenoxy) is 1. The van der Waals surface area contributed by atoms with E-state index in [1.54, 1.807) is 0 Å². The minimum atomic E-state index is -0.581. The van der Waals surface area contributed by atoms with Crippen molar-refractivity contribution in [2.45, 2.75) is 18.2 Å². The number of hydrogen-bond acceptors (Lipinski definition) is 4. The normalized spacial score (nSPS) is 9.67. The van der Waals surface area contributed by atoms with Crippen LogP contribution in [0, 0.1) is 0 Å². The zero-order chi connectivity index (χ0) is 13.4. The Bertz CT molecular complexity index is 407. The summed E-state index contributed by atoms with van der Waals surface area (Å²) in [5.41, 5.74) is 0.831. The highest BCUT2D eigenvalue weighted by atomic mass is 32.2. The van der Waals surface area contributed by atoms with Gasteiger partial charge in [0, 0.05) is 10.6 Å². The van der Waals surface area contributed by atoms with Crippen molar-refractivity contribution in [1.82, 2.24) is 5.32 Å². The van der Waals surface area contributed by atoms with Crippen molar-refractivity contribution in [2.24, 2.45) is 0 Å². The molecule has 0 unspecified atom stereocenters. The number of nitrogens with one attached hydrogen (secondary N) is 2. The molecule has 2 N–H and O–H groups in total. The number of rotatable bonds is 4. The molecule has 6 heteroatoms. The van der Waals surface area contributed by atoms with Gasteiger partial charge in [0.15, 0.2) is 5.11 Å². The van der Waals surface area contributed by atoms with Gasteiger partial charge in [-0.1, -0.05) is 6.92 Å². The molecule has 98 valence electrons. The van der Waals surface area contributed by atoms with Gasteiger partial charge in [0.1, 0.15) is 0 Å². The van der Waals surface area contributed by atoms with Crippen molar-refractivity contribution in [3.05, 3.63) is 24.3 Å². The summed E-state index contributed by atoms with van der Waals surface area (Å²) in [6.07, 6.45) is 0.570. The van der Waals surface area contributed by atoms with E-state index in [2.05, 4.69) is 22.3 Å². The number of anilines is 1. The van der Waals surface area contributed by atoms with E-state index in [-0.39, 0.29) is 5.11 Å². The highest BCUT2D eigenvalue weighted by molar-refractivity contribution is 7.99. The fourth-order valence-corrected chi connectivity index (χ4v) is 2.13. The predicted molar refractivity (Wildman–Crippen MR) is 79.2 cm³/mol. The molecule has 0 spiro atoms. The van der Waals surface area contributed by atoms with Gasteiger partial charge in [-0.05, 0) is 48.7 Å². The summed E-state index contributed by atoms with van der Waals surface area (Å²) >= 11 is 6.77. The van der Waals surface area contributed by atoms with Gasteiger partial charge >= 0.3 is 6.09 Å². The molecule has 0 radical (unpaired) electrons. The van der Waals surface area contributed by atoms with Crippen LogP contribution in [0.25, 0.3) is 0 Å². The molecule has 0 fully saturated rings. The Labute approximate surface area is 116 Å². The van der Waals surface area contributed by atoms with Crippen LogP contribution < -0.4 is 10.6 Å². The first-order valence-electron chi connectivity index (χ1n) is 5.54. The van der Waals surface area contributed by atoms with Crippen molar-refractivity contribution in [3.63, 3.8) is 0 Å². The molecule has 0 heterocycles. The Kier molecular flexibility index (Phi) is 6.53. The van der Waals surface area contributed by atoms with Crippen LogP contribution in [-0.4, -0.2) is 24.1 Å². The molecule has 0 saturated carbocycles. The van der Waals surface area contributed by atoms with Crippen LogP contribution in [0.1, 0.15) is 13.3 Å². The van der Waals surface area contributed by atoms with Gasteiger partial charge < -0.3 is 10.1 Å².